The molecule has 1 heterocycles. The van der Waals surface area contributed by atoms with Crippen molar-refractivity contribution in [2.75, 3.05) is 6.61 Å². The summed E-state index contributed by atoms with van der Waals surface area (Å²) >= 11 is 0. The number of hydrogen-bond acceptors (Lipinski definition) is 5. The Kier molecular flexibility index (Phi) is 5.94. The third-order valence-electron chi connectivity index (χ3n) is 3.89. The van der Waals surface area contributed by atoms with Crippen molar-refractivity contribution in [2.45, 2.75) is 26.6 Å². The number of carbonyl (C=O) groups excluding carboxylic acids is 1. The highest BCUT2D eigenvalue weighted by atomic mass is 16.7. The lowest BCUT2D eigenvalue weighted by molar-refractivity contribution is -0.149. The van der Waals surface area contributed by atoms with E-state index in [2.05, 4.69) is 4.99 Å². The lowest BCUT2D eigenvalue weighted by Gasteiger charge is -2.33. The van der Waals surface area contributed by atoms with Crippen LogP contribution in [0.3, 0.4) is 0 Å². The van der Waals surface area contributed by atoms with Crippen molar-refractivity contribution in [2.24, 2.45) is 4.99 Å². The van der Waals surface area contributed by atoms with Crippen LogP contribution in [0.2, 0.25) is 0 Å². The predicted octanol–water partition coefficient (Wildman–Crippen LogP) is 5.27. The molecular formula is C23H23NO4. The number of carbonyl (C=O) groups is 1. The Labute approximate surface area is 165 Å². The molecule has 0 spiro atoms. The van der Waals surface area contributed by atoms with Crippen molar-refractivity contribution in [1.82, 2.24) is 0 Å². The van der Waals surface area contributed by atoms with Crippen molar-refractivity contribution >= 4 is 23.6 Å². The summed E-state index contributed by atoms with van der Waals surface area (Å²) in [4.78, 5) is 16.1. The molecular weight excluding hydrogens is 354 g/mol. The van der Waals surface area contributed by atoms with E-state index in [9.17, 15) is 4.79 Å². The summed E-state index contributed by atoms with van der Waals surface area (Å²) in [6, 6.07) is 16.8. The van der Waals surface area contributed by atoms with E-state index >= 15 is 0 Å². The SMILES string of the molecule is CCOC(=O)c1ccc(N=C/C=C2/C=C(c3ccccc3)OC(C)(C)O2)cc1. The third-order valence-corrected chi connectivity index (χ3v) is 3.89. The van der Waals surface area contributed by atoms with E-state index < -0.39 is 5.79 Å². The maximum absolute atomic E-state index is 11.7. The number of nitrogens with zero attached hydrogens (tertiary/aromatic N) is 1. The topological polar surface area (TPSA) is 57.1 Å². The second-order valence-corrected chi connectivity index (χ2v) is 6.59. The molecule has 1 aliphatic rings. The zero-order valence-corrected chi connectivity index (χ0v) is 16.2. The maximum Gasteiger partial charge on any atom is 0.338 e. The highest BCUT2D eigenvalue weighted by Crippen LogP contribution is 2.32. The second kappa shape index (κ2) is 8.57. The van der Waals surface area contributed by atoms with Crippen LogP contribution in [0.1, 0.15) is 36.7 Å². The number of allylic oxidation sites excluding steroid dienone is 2. The number of hydrogen-bond donors (Lipinski definition) is 0. The first-order valence-corrected chi connectivity index (χ1v) is 9.13. The molecule has 0 saturated carbocycles. The van der Waals surface area contributed by atoms with E-state index in [1.807, 2.05) is 50.3 Å². The lowest BCUT2D eigenvalue weighted by atomic mass is 10.1. The fourth-order valence-electron chi connectivity index (χ4n) is 2.68. The van der Waals surface area contributed by atoms with Crippen LogP contribution in [0.4, 0.5) is 5.69 Å². The van der Waals surface area contributed by atoms with Crippen LogP contribution in [0.15, 0.2) is 77.5 Å². The predicted molar refractivity (Wildman–Crippen MR) is 109 cm³/mol. The molecule has 0 aromatic heterocycles. The van der Waals surface area contributed by atoms with Gasteiger partial charge in [-0.1, -0.05) is 30.3 Å². The van der Waals surface area contributed by atoms with Gasteiger partial charge in [-0.2, -0.15) is 0 Å². The van der Waals surface area contributed by atoms with Crippen LogP contribution in [0, 0.1) is 0 Å². The van der Waals surface area contributed by atoms with Gasteiger partial charge in [0.25, 0.3) is 0 Å². The Hall–Kier alpha value is -3.34. The molecule has 2 aromatic rings. The van der Waals surface area contributed by atoms with Crippen LogP contribution >= 0.6 is 0 Å². The molecule has 5 heteroatoms. The van der Waals surface area contributed by atoms with Gasteiger partial charge >= 0.3 is 5.97 Å². The molecule has 0 aliphatic carbocycles. The molecule has 1 aliphatic heterocycles. The van der Waals surface area contributed by atoms with Gasteiger partial charge in [0, 0.05) is 31.7 Å². The Morgan fingerprint density at radius 1 is 1.07 bits per heavy atom. The van der Waals surface area contributed by atoms with E-state index in [4.69, 9.17) is 14.2 Å². The summed E-state index contributed by atoms with van der Waals surface area (Å²) < 4.78 is 16.7. The molecule has 0 N–H and O–H groups in total. The summed E-state index contributed by atoms with van der Waals surface area (Å²) in [7, 11) is 0. The number of ether oxygens (including phenoxy) is 3. The smallest absolute Gasteiger partial charge is 0.338 e. The maximum atomic E-state index is 11.7. The first-order valence-electron chi connectivity index (χ1n) is 9.13. The minimum Gasteiger partial charge on any atom is -0.462 e. The number of esters is 1. The number of rotatable bonds is 5. The van der Waals surface area contributed by atoms with E-state index in [-0.39, 0.29) is 5.97 Å². The first kappa shape index (κ1) is 19.4. The van der Waals surface area contributed by atoms with Crippen molar-refractivity contribution in [1.29, 1.82) is 0 Å². The standard InChI is InChI=1S/C23H23NO4/c1-4-26-22(25)18-10-12-19(13-11-18)24-15-14-20-16-21(28-23(2,3)27-20)17-8-6-5-7-9-17/h5-16H,4H2,1-3H3/b20-14-,24-15?. The molecule has 0 radical (unpaired) electrons. The zero-order valence-electron chi connectivity index (χ0n) is 16.2. The fourth-order valence-corrected chi connectivity index (χ4v) is 2.68. The largest absolute Gasteiger partial charge is 0.462 e. The lowest BCUT2D eigenvalue weighted by Crippen LogP contribution is -2.30. The Morgan fingerprint density at radius 2 is 1.79 bits per heavy atom. The summed E-state index contributed by atoms with van der Waals surface area (Å²) in [5.41, 5.74) is 2.21. The van der Waals surface area contributed by atoms with Crippen LogP contribution in [0.25, 0.3) is 5.76 Å². The van der Waals surface area contributed by atoms with E-state index in [1.54, 1.807) is 43.5 Å². The zero-order chi connectivity index (χ0) is 20.0. The van der Waals surface area contributed by atoms with Crippen LogP contribution in [-0.4, -0.2) is 24.6 Å². The number of benzene rings is 2. The van der Waals surface area contributed by atoms with Crippen LogP contribution in [-0.2, 0) is 14.2 Å². The Morgan fingerprint density at radius 3 is 2.46 bits per heavy atom. The van der Waals surface area contributed by atoms with Gasteiger partial charge in [0.2, 0.25) is 5.79 Å². The van der Waals surface area contributed by atoms with Gasteiger partial charge in [0.05, 0.1) is 17.9 Å². The van der Waals surface area contributed by atoms with Crippen LogP contribution < -0.4 is 0 Å². The summed E-state index contributed by atoms with van der Waals surface area (Å²) in [5, 5.41) is 0. The van der Waals surface area contributed by atoms with Gasteiger partial charge in [-0.3, -0.25) is 4.99 Å². The minimum atomic E-state index is -0.777. The van der Waals surface area contributed by atoms with Gasteiger partial charge < -0.3 is 14.2 Å². The summed E-state index contributed by atoms with van der Waals surface area (Å²) in [6.07, 6.45) is 5.29. The molecule has 3 rings (SSSR count). The molecule has 144 valence electrons. The van der Waals surface area contributed by atoms with Crippen molar-refractivity contribution < 1.29 is 19.0 Å². The highest BCUT2D eigenvalue weighted by molar-refractivity contribution is 5.89. The van der Waals surface area contributed by atoms with Crippen molar-refractivity contribution in [3.05, 3.63) is 83.6 Å². The minimum absolute atomic E-state index is 0.337. The molecule has 5 nitrogen and oxygen atoms in total. The Bertz CT molecular complexity index is 909. The highest BCUT2D eigenvalue weighted by Gasteiger charge is 2.28. The first-order chi connectivity index (χ1) is 13.5. The molecule has 28 heavy (non-hydrogen) atoms. The molecule has 2 aromatic carbocycles. The van der Waals surface area contributed by atoms with Gasteiger partial charge in [-0.15, -0.1) is 0 Å². The summed E-state index contributed by atoms with van der Waals surface area (Å²) in [6.45, 7) is 5.86. The van der Waals surface area contributed by atoms with Gasteiger partial charge in [0.15, 0.2) is 0 Å². The molecule has 0 bridgehead atoms. The quantitative estimate of drug-likeness (QED) is 0.526. The molecule has 0 unspecified atom stereocenters. The van der Waals surface area contributed by atoms with E-state index in [0.29, 0.717) is 17.9 Å². The third kappa shape index (κ3) is 5.10. The fraction of sp³-hybridized carbons (Fsp3) is 0.217. The molecule has 0 saturated heterocycles. The van der Waals surface area contributed by atoms with E-state index in [1.165, 1.54) is 0 Å². The second-order valence-electron chi connectivity index (χ2n) is 6.59. The van der Waals surface area contributed by atoms with Gasteiger partial charge in [0.1, 0.15) is 11.5 Å². The molecule has 0 atom stereocenters. The summed E-state index contributed by atoms with van der Waals surface area (Å²) in [5.74, 6) is 0.287. The van der Waals surface area contributed by atoms with Crippen molar-refractivity contribution in [3.8, 4) is 0 Å². The Balaban J connectivity index is 1.76. The average molecular weight is 377 g/mol. The van der Waals surface area contributed by atoms with E-state index in [0.717, 1.165) is 17.0 Å². The average Bonchev–Trinajstić information content (AvgIpc) is 2.68. The molecule has 0 fully saturated rings. The monoisotopic (exact) mass is 377 g/mol. The van der Waals surface area contributed by atoms with Crippen LogP contribution in [0.5, 0.6) is 0 Å². The van der Waals surface area contributed by atoms with Gasteiger partial charge in [-0.25, -0.2) is 4.79 Å². The van der Waals surface area contributed by atoms with Crippen molar-refractivity contribution in [3.63, 3.8) is 0 Å². The number of aliphatic imine (C=N–C) groups is 1. The van der Waals surface area contributed by atoms with Gasteiger partial charge in [-0.05, 0) is 37.3 Å². The molecule has 0 amide bonds. The normalized spacial score (nSPS) is 17.0.